The zero-order valence-corrected chi connectivity index (χ0v) is 10.7. The summed E-state index contributed by atoms with van der Waals surface area (Å²) in [6.45, 7) is 5.39. The Labute approximate surface area is 103 Å². The Morgan fingerprint density at radius 2 is 1.94 bits per heavy atom. The lowest BCUT2D eigenvalue weighted by Crippen LogP contribution is -2.23. The monoisotopic (exact) mass is 235 g/mol. The molecule has 17 heavy (non-hydrogen) atoms. The van der Waals surface area contributed by atoms with Gasteiger partial charge in [0.15, 0.2) is 0 Å². The maximum absolute atomic E-state index is 5.71. The Kier molecular flexibility index (Phi) is 4.07. The normalized spacial score (nSPS) is 20.5. The van der Waals surface area contributed by atoms with Crippen LogP contribution in [0.3, 0.4) is 0 Å². The highest BCUT2D eigenvalue weighted by Gasteiger charge is 2.17. The van der Waals surface area contributed by atoms with Crippen molar-refractivity contribution in [1.82, 2.24) is 9.97 Å². The van der Waals surface area contributed by atoms with Gasteiger partial charge in [0.1, 0.15) is 5.82 Å². The van der Waals surface area contributed by atoms with Gasteiger partial charge in [0.05, 0.1) is 6.10 Å². The summed E-state index contributed by atoms with van der Waals surface area (Å²) in [7, 11) is 0. The van der Waals surface area contributed by atoms with Crippen molar-refractivity contribution >= 4 is 0 Å². The van der Waals surface area contributed by atoms with Crippen LogP contribution in [0, 0.1) is 13.8 Å². The average Bonchev–Trinajstić information content (AvgIpc) is 2.30. The molecule has 0 spiro atoms. The molecule has 1 aromatic rings. The van der Waals surface area contributed by atoms with Gasteiger partial charge in [-0.15, -0.1) is 0 Å². The van der Waals surface area contributed by atoms with Crippen molar-refractivity contribution in [2.24, 2.45) is 5.73 Å². The molecule has 1 aliphatic heterocycles. The first-order chi connectivity index (χ1) is 8.20. The first-order valence-corrected chi connectivity index (χ1v) is 6.35. The number of nitrogens with zero attached hydrogens (tertiary/aromatic N) is 2. The van der Waals surface area contributed by atoms with Crippen molar-refractivity contribution in [3.63, 3.8) is 0 Å². The van der Waals surface area contributed by atoms with Crippen LogP contribution in [-0.4, -0.2) is 22.7 Å². The van der Waals surface area contributed by atoms with Gasteiger partial charge < -0.3 is 10.5 Å². The molecule has 4 nitrogen and oxygen atoms in total. The van der Waals surface area contributed by atoms with Gasteiger partial charge in [0.2, 0.25) is 0 Å². The summed E-state index contributed by atoms with van der Waals surface area (Å²) in [5.74, 6) is 0.893. The van der Waals surface area contributed by atoms with Crippen molar-refractivity contribution in [2.45, 2.75) is 52.2 Å². The molecular weight excluding hydrogens is 214 g/mol. The fourth-order valence-corrected chi connectivity index (χ4v) is 2.37. The fourth-order valence-electron chi connectivity index (χ4n) is 2.37. The molecule has 0 amide bonds. The topological polar surface area (TPSA) is 61.0 Å². The molecule has 1 aliphatic rings. The summed E-state index contributed by atoms with van der Waals surface area (Å²) in [6.07, 6.45) is 4.68. The van der Waals surface area contributed by atoms with Crippen molar-refractivity contribution in [1.29, 1.82) is 0 Å². The number of hydrogen-bond donors (Lipinski definition) is 1. The van der Waals surface area contributed by atoms with Crippen LogP contribution in [0.5, 0.6) is 0 Å². The molecule has 0 radical (unpaired) electrons. The van der Waals surface area contributed by atoms with Crippen molar-refractivity contribution in [3.8, 4) is 0 Å². The van der Waals surface area contributed by atoms with E-state index in [9.17, 15) is 0 Å². The number of aryl methyl sites for hydroxylation is 2. The third kappa shape index (κ3) is 3.01. The first-order valence-electron chi connectivity index (χ1n) is 6.35. The number of hydrogen-bond acceptors (Lipinski definition) is 4. The lowest BCUT2D eigenvalue weighted by molar-refractivity contribution is 0.0156. The summed E-state index contributed by atoms with van der Waals surface area (Å²) in [6, 6.07) is 0. The minimum atomic E-state index is 0.297. The quantitative estimate of drug-likeness (QED) is 0.865. The van der Waals surface area contributed by atoms with Gasteiger partial charge in [-0.2, -0.15) is 0 Å². The summed E-state index contributed by atoms with van der Waals surface area (Å²) < 4.78 is 5.71. The van der Waals surface area contributed by atoms with Gasteiger partial charge in [-0.1, -0.05) is 0 Å². The molecule has 0 bridgehead atoms. The Morgan fingerprint density at radius 1 is 1.24 bits per heavy atom. The molecule has 1 atom stereocenters. The van der Waals surface area contributed by atoms with E-state index < -0.39 is 0 Å². The van der Waals surface area contributed by atoms with E-state index in [0.29, 0.717) is 12.6 Å². The SMILES string of the molecule is Cc1nc(CC2CCCCO2)nc(C)c1CN. The minimum Gasteiger partial charge on any atom is -0.378 e. The Morgan fingerprint density at radius 3 is 2.47 bits per heavy atom. The van der Waals surface area contributed by atoms with Gasteiger partial charge in [0.25, 0.3) is 0 Å². The zero-order valence-electron chi connectivity index (χ0n) is 10.7. The molecule has 2 heterocycles. The van der Waals surface area contributed by atoms with Crippen LogP contribution in [0.2, 0.25) is 0 Å². The number of ether oxygens (including phenoxy) is 1. The highest BCUT2D eigenvalue weighted by Crippen LogP contribution is 2.17. The molecule has 1 unspecified atom stereocenters. The molecule has 2 rings (SSSR count). The second-order valence-corrected chi connectivity index (χ2v) is 4.69. The second-order valence-electron chi connectivity index (χ2n) is 4.69. The van der Waals surface area contributed by atoms with Crippen LogP contribution >= 0.6 is 0 Å². The van der Waals surface area contributed by atoms with E-state index in [0.717, 1.165) is 42.2 Å². The molecule has 1 fully saturated rings. The van der Waals surface area contributed by atoms with Crippen molar-refractivity contribution < 1.29 is 4.74 Å². The van der Waals surface area contributed by atoms with Crippen molar-refractivity contribution in [2.75, 3.05) is 6.61 Å². The molecule has 0 aliphatic carbocycles. The van der Waals surface area contributed by atoms with E-state index in [4.69, 9.17) is 10.5 Å². The molecular formula is C13H21N3O. The Bertz CT molecular complexity index is 363. The van der Waals surface area contributed by atoms with Crippen LogP contribution < -0.4 is 5.73 Å². The third-order valence-corrected chi connectivity index (χ3v) is 3.36. The van der Waals surface area contributed by atoms with E-state index in [1.165, 1.54) is 12.8 Å². The highest BCUT2D eigenvalue weighted by molar-refractivity contribution is 5.24. The van der Waals surface area contributed by atoms with Gasteiger partial charge in [-0.3, -0.25) is 0 Å². The summed E-state index contributed by atoms with van der Waals surface area (Å²) >= 11 is 0. The molecule has 1 aromatic heterocycles. The zero-order chi connectivity index (χ0) is 12.3. The number of nitrogens with two attached hydrogens (primary N) is 1. The van der Waals surface area contributed by atoms with E-state index in [1.54, 1.807) is 0 Å². The molecule has 0 saturated carbocycles. The smallest absolute Gasteiger partial charge is 0.131 e. The Hall–Kier alpha value is -1.00. The fraction of sp³-hybridized carbons (Fsp3) is 0.692. The van der Waals surface area contributed by atoms with Crippen molar-refractivity contribution in [3.05, 3.63) is 22.8 Å². The number of rotatable bonds is 3. The van der Waals surface area contributed by atoms with Crippen LogP contribution in [0.4, 0.5) is 0 Å². The molecule has 2 N–H and O–H groups in total. The third-order valence-electron chi connectivity index (χ3n) is 3.36. The number of aromatic nitrogens is 2. The second kappa shape index (κ2) is 5.56. The maximum Gasteiger partial charge on any atom is 0.131 e. The van der Waals surface area contributed by atoms with Crippen LogP contribution in [0.1, 0.15) is 42.0 Å². The first kappa shape index (κ1) is 12.5. The minimum absolute atomic E-state index is 0.297. The highest BCUT2D eigenvalue weighted by atomic mass is 16.5. The van der Waals surface area contributed by atoms with Gasteiger partial charge >= 0.3 is 0 Å². The standard InChI is InChI=1S/C13H21N3O/c1-9-12(8-14)10(2)16-13(15-9)7-11-5-3-4-6-17-11/h11H,3-8,14H2,1-2H3. The van der Waals surface area contributed by atoms with Crippen LogP contribution in [0.15, 0.2) is 0 Å². The molecule has 0 aromatic carbocycles. The van der Waals surface area contributed by atoms with E-state index in [2.05, 4.69) is 9.97 Å². The molecule has 1 saturated heterocycles. The lowest BCUT2D eigenvalue weighted by Gasteiger charge is -2.22. The van der Waals surface area contributed by atoms with E-state index >= 15 is 0 Å². The average molecular weight is 235 g/mol. The van der Waals surface area contributed by atoms with Crippen LogP contribution in [0.25, 0.3) is 0 Å². The van der Waals surface area contributed by atoms with Crippen LogP contribution in [-0.2, 0) is 17.7 Å². The van der Waals surface area contributed by atoms with Gasteiger partial charge in [0, 0.05) is 36.5 Å². The summed E-state index contributed by atoms with van der Waals surface area (Å²) in [4.78, 5) is 9.06. The predicted octanol–water partition coefficient (Wildman–Crippen LogP) is 1.66. The van der Waals surface area contributed by atoms with E-state index in [1.807, 2.05) is 13.8 Å². The maximum atomic E-state index is 5.71. The van der Waals surface area contributed by atoms with Gasteiger partial charge in [-0.05, 0) is 33.1 Å². The molecule has 4 heteroatoms. The predicted molar refractivity (Wildman–Crippen MR) is 66.7 cm³/mol. The van der Waals surface area contributed by atoms with Gasteiger partial charge in [-0.25, -0.2) is 9.97 Å². The largest absolute Gasteiger partial charge is 0.378 e. The lowest BCUT2D eigenvalue weighted by atomic mass is 10.1. The molecule has 94 valence electrons. The van der Waals surface area contributed by atoms with E-state index in [-0.39, 0.29) is 0 Å². The summed E-state index contributed by atoms with van der Waals surface area (Å²) in [5.41, 5.74) is 8.76. The Balaban J connectivity index is 2.10. The summed E-state index contributed by atoms with van der Waals surface area (Å²) in [5, 5.41) is 0.